The second kappa shape index (κ2) is 6.22. The number of nitrogens with zero attached hydrogens (tertiary/aromatic N) is 1. The molecule has 0 bridgehead atoms. The lowest BCUT2D eigenvalue weighted by Crippen LogP contribution is -2.48. The molecule has 0 aromatic heterocycles. The molecule has 4 nitrogen and oxygen atoms in total. The Labute approximate surface area is 122 Å². The van der Waals surface area contributed by atoms with Gasteiger partial charge in [-0.25, -0.2) is 0 Å². The van der Waals surface area contributed by atoms with Crippen molar-refractivity contribution >= 4 is 21.6 Å². The first kappa shape index (κ1) is 14.8. The van der Waals surface area contributed by atoms with E-state index in [1.54, 1.807) is 6.92 Å². The monoisotopic (exact) mass is 329 g/mol. The standard InChI is InChI=1S/C14H20BrNO3/c1-9-6-16(7-12(8-17)19-9)11-3-4-13(10(2)18)14(15)5-11/h3-5,9-10,12,17-18H,6-8H2,1-2H3/t9?,10-,12?/m0/s1. The number of hydrogen-bond acceptors (Lipinski definition) is 4. The van der Waals surface area contributed by atoms with Crippen molar-refractivity contribution in [2.75, 3.05) is 24.6 Å². The van der Waals surface area contributed by atoms with Crippen molar-refractivity contribution in [3.63, 3.8) is 0 Å². The van der Waals surface area contributed by atoms with Crippen LogP contribution in [0.4, 0.5) is 5.69 Å². The molecule has 1 fully saturated rings. The van der Waals surface area contributed by atoms with E-state index in [4.69, 9.17) is 4.74 Å². The van der Waals surface area contributed by atoms with Gasteiger partial charge in [-0.15, -0.1) is 0 Å². The zero-order valence-corrected chi connectivity index (χ0v) is 12.8. The molecule has 2 unspecified atom stereocenters. The minimum Gasteiger partial charge on any atom is -0.394 e. The van der Waals surface area contributed by atoms with Gasteiger partial charge in [0.2, 0.25) is 0 Å². The zero-order chi connectivity index (χ0) is 14.0. The number of anilines is 1. The van der Waals surface area contributed by atoms with Gasteiger partial charge in [0, 0.05) is 23.2 Å². The fourth-order valence-electron chi connectivity index (χ4n) is 2.41. The highest BCUT2D eigenvalue weighted by atomic mass is 79.9. The van der Waals surface area contributed by atoms with E-state index in [1.165, 1.54) is 0 Å². The molecule has 0 saturated carbocycles. The molecule has 1 aliphatic rings. The quantitative estimate of drug-likeness (QED) is 0.891. The minimum atomic E-state index is -0.489. The van der Waals surface area contributed by atoms with E-state index in [0.717, 1.165) is 22.3 Å². The molecule has 2 rings (SSSR count). The van der Waals surface area contributed by atoms with Crippen LogP contribution in [0.25, 0.3) is 0 Å². The SMILES string of the molecule is CC1CN(c2ccc([C@H](C)O)c(Br)c2)CC(CO)O1. The topological polar surface area (TPSA) is 52.9 Å². The Kier molecular flexibility index (Phi) is 4.84. The van der Waals surface area contributed by atoms with Crippen LogP contribution >= 0.6 is 15.9 Å². The highest BCUT2D eigenvalue weighted by Gasteiger charge is 2.25. The summed E-state index contributed by atoms with van der Waals surface area (Å²) in [6, 6.07) is 5.94. The Balaban J connectivity index is 2.19. The molecule has 5 heteroatoms. The van der Waals surface area contributed by atoms with Crippen molar-refractivity contribution in [1.82, 2.24) is 0 Å². The summed E-state index contributed by atoms with van der Waals surface area (Å²) in [6.07, 6.45) is -0.530. The average molecular weight is 330 g/mol. The Morgan fingerprint density at radius 2 is 2.21 bits per heavy atom. The first-order valence-electron chi connectivity index (χ1n) is 6.50. The predicted molar refractivity (Wildman–Crippen MR) is 78.4 cm³/mol. The van der Waals surface area contributed by atoms with Crippen molar-refractivity contribution < 1.29 is 14.9 Å². The normalized spacial score (nSPS) is 25.4. The average Bonchev–Trinajstić information content (AvgIpc) is 2.37. The van der Waals surface area contributed by atoms with Crippen molar-refractivity contribution in [2.45, 2.75) is 32.2 Å². The summed E-state index contributed by atoms with van der Waals surface area (Å²) in [5.74, 6) is 0. The third kappa shape index (κ3) is 3.48. The summed E-state index contributed by atoms with van der Waals surface area (Å²) >= 11 is 3.49. The van der Waals surface area contributed by atoms with Crippen LogP contribution in [0.3, 0.4) is 0 Å². The Morgan fingerprint density at radius 1 is 1.47 bits per heavy atom. The lowest BCUT2D eigenvalue weighted by atomic mass is 10.1. The molecule has 1 heterocycles. The predicted octanol–water partition coefficient (Wildman–Crippen LogP) is 2.09. The van der Waals surface area contributed by atoms with Gasteiger partial charge in [0.25, 0.3) is 0 Å². The molecular weight excluding hydrogens is 310 g/mol. The van der Waals surface area contributed by atoms with Crippen molar-refractivity contribution in [3.8, 4) is 0 Å². The van der Waals surface area contributed by atoms with E-state index in [1.807, 2.05) is 25.1 Å². The van der Waals surface area contributed by atoms with Gasteiger partial charge in [0.15, 0.2) is 0 Å². The smallest absolute Gasteiger partial charge is 0.0984 e. The van der Waals surface area contributed by atoms with Crippen molar-refractivity contribution in [2.24, 2.45) is 0 Å². The van der Waals surface area contributed by atoms with Crippen LogP contribution in [0, 0.1) is 0 Å². The van der Waals surface area contributed by atoms with E-state index in [9.17, 15) is 10.2 Å². The van der Waals surface area contributed by atoms with Gasteiger partial charge in [-0.2, -0.15) is 0 Å². The second-order valence-electron chi connectivity index (χ2n) is 5.04. The summed E-state index contributed by atoms with van der Waals surface area (Å²) in [4.78, 5) is 2.20. The lowest BCUT2D eigenvalue weighted by molar-refractivity contribution is -0.0421. The highest BCUT2D eigenvalue weighted by Crippen LogP contribution is 2.29. The van der Waals surface area contributed by atoms with Crippen molar-refractivity contribution in [3.05, 3.63) is 28.2 Å². The van der Waals surface area contributed by atoms with E-state index in [2.05, 4.69) is 20.8 Å². The zero-order valence-electron chi connectivity index (χ0n) is 11.2. The molecule has 1 aliphatic heterocycles. The molecule has 106 valence electrons. The lowest BCUT2D eigenvalue weighted by Gasteiger charge is -2.37. The largest absolute Gasteiger partial charge is 0.394 e. The Hall–Kier alpha value is -0.620. The van der Waals surface area contributed by atoms with E-state index in [0.29, 0.717) is 6.54 Å². The third-order valence-corrected chi connectivity index (χ3v) is 4.02. The summed E-state index contributed by atoms with van der Waals surface area (Å²) in [7, 11) is 0. The number of morpholine rings is 1. The molecule has 1 saturated heterocycles. The van der Waals surface area contributed by atoms with Crippen LogP contribution in [-0.2, 0) is 4.74 Å². The minimum absolute atomic E-state index is 0.0355. The number of rotatable bonds is 3. The van der Waals surface area contributed by atoms with Gasteiger partial charge in [-0.1, -0.05) is 22.0 Å². The number of ether oxygens (including phenoxy) is 1. The van der Waals surface area contributed by atoms with E-state index in [-0.39, 0.29) is 18.8 Å². The Morgan fingerprint density at radius 3 is 2.79 bits per heavy atom. The number of halogens is 1. The number of aliphatic hydroxyl groups excluding tert-OH is 2. The van der Waals surface area contributed by atoms with Gasteiger partial charge in [-0.3, -0.25) is 0 Å². The molecule has 0 radical (unpaired) electrons. The summed E-state index contributed by atoms with van der Waals surface area (Å²) in [5.41, 5.74) is 1.95. The first-order chi connectivity index (χ1) is 9.01. The summed E-state index contributed by atoms with van der Waals surface area (Å²) < 4.78 is 6.54. The highest BCUT2D eigenvalue weighted by molar-refractivity contribution is 9.10. The van der Waals surface area contributed by atoms with Crippen LogP contribution in [0.5, 0.6) is 0 Å². The molecular formula is C14H20BrNO3. The Bertz CT molecular complexity index is 439. The van der Waals surface area contributed by atoms with E-state index < -0.39 is 6.10 Å². The molecule has 0 spiro atoms. The molecule has 1 aromatic rings. The fraction of sp³-hybridized carbons (Fsp3) is 0.571. The first-order valence-corrected chi connectivity index (χ1v) is 7.29. The molecule has 19 heavy (non-hydrogen) atoms. The van der Waals surface area contributed by atoms with Gasteiger partial charge >= 0.3 is 0 Å². The van der Waals surface area contributed by atoms with Crippen molar-refractivity contribution in [1.29, 1.82) is 0 Å². The van der Waals surface area contributed by atoms with Gasteiger partial charge in [-0.05, 0) is 31.5 Å². The second-order valence-corrected chi connectivity index (χ2v) is 5.89. The van der Waals surface area contributed by atoms with E-state index >= 15 is 0 Å². The molecule has 1 aromatic carbocycles. The molecule has 2 N–H and O–H groups in total. The third-order valence-electron chi connectivity index (χ3n) is 3.33. The summed E-state index contributed by atoms with van der Waals surface area (Å²) in [6.45, 7) is 5.28. The summed E-state index contributed by atoms with van der Waals surface area (Å²) in [5, 5.41) is 18.9. The van der Waals surface area contributed by atoms with Crippen LogP contribution in [0.2, 0.25) is 0 Å². The van der Waals surface area contributed by atoms with Gasteiger partial charge in [0.05, 0.1) is 24.9 Å². The molecule has 3 atom stereocenters. The van der Waals surface area contributed by atoms with Crippen LogP contribution < -0.4 is 4.90 Å². The number of aliphatic hydroxyl groups is 2. The van der Waals surface area contributed by atoms with Crippen LogP contribution in [0.1, 0.15) is 25.5 Å². The molecule has 0 aliphatic carbocycles. The van der Waals surface area contributed by atoms with Crippen LogP contribution in [-0.4, -0.2) is 42.1 Å². The maximum atomic E-state index is 9.63. The number of benzene rings is 1. The maximum absolute atomic E-state index is 9.63. The maximum Gasteiger partial charge on any atom is 0.0984 e. The molecule has 0 amide bonds. The van der Waals surface area contributed by atoms with Gasteiger partial charge < -0.3 is 19.8 Å². The fourth-order valence-corrected chi connectivity index (χ4v) is 3.11. The van der Waals surface area contributed by atoms with Crippen LogP contribution in [0.15, 0.2) is 22.7 Å². The van der Waals surface area contributed by atoms with Gasteiger partial charge in [0.1, 0.15) is 0 Å². The number of hydrogen-bond donors (Lipinski definition) is 2.